The third-order valence-electron chi connectivity index (χ3n) is 4.72. The number of β-amino-alcohol motifs (C(OH)–C–C–N with tert-alkyl or cyclic N) is 1. The zero-order valence-electron chi connectivity index (χ0n) is 13.5. The van der Waals surface area contributed by atoms with Crippen LogP contribution in [-0.4, -0.2) is 96.8 Å². The predicted molar refractivity (Wildman–Crippen MR) is 83.2 cm³/mol. The highest BCUT2D eigenvalue weighted by molar-refractivity contribution is 5.85. The normalized spacial score (nSPS) is 23.1. The summed E-state index contributed by atoms with van der Waals surface area (Å²) in [6.07, 6.45) is 0.989. The Bertz CT molecular complexity index is 343. The molecule has 2 fully saturated rings. The first-order valence-electron chi connectivity index (χ1n) is 8.14. The number of hydrogen-bond donors (Lipinski definition) is 2. The van der Waals surface area contributed by atoms with Crippen molar-refractivity contribution in [2.45, 2.75) is 25.8 Å². The summed E-state index contributed by atoms with van der Waals surface area (Å²) in [6, 6.07) is 0. The van der Waals surface area contributed by atoms with Gasteiger partial charge in [-0.1, -0.05) is 0 Å². The summed E-state index contributed by atoms with van der Waals surface area (Å²) in [5.74, 6) is 0.246. The minimum Gasteiger partial charge on any atom is -0.395 e. The SMILES string of the molecule is CC(C)(C(=O)N1CCCN(CCO)CC1)N1CCNCC1. The molecule has 0 unspecified atom stereocenters. The fraction of sp³-hybridized carbons (Fsp3) is 0.933. The van der Waals surface area contributed by atoms with Gasteiger partial charge >= 0.3 is 0 Å². The van der Waals surface area contributed by atoms with Crippen LogP contribution in [0.1, 0.15) is 20.3 Å². The van der Waals surface area contributed by atoms with E-state index in [9.17, 15) is 4.79 Å². The molecule has 1 amide bonds. The van der Waals surface area contributed by atoms with Gasteiger partial charge in [-0.2, -0.15) is 0 Å². The maximum Gasteiger partial charge on any atom is 0.242 e. The Balaban J connectivity index is 1.94. The van der Waals surface area contributed by atoms with Gasteiger partial charge in [0.15, 0.2) is 0 Å². The number of carbonyl (C=O) groups excluding carboxylic acids is 1. The fourth-order valence-corrected chi connectivity index (χ4v) is 3.29. The van der Waals surface area contributed by atoms with Crippen LogP contribution in [0, 0.1) is 0 Å². The summed E-state index contributed by atoms with van der Waals surface area (Å²) in [7, 11) is 0. The third-order valence-corrected chi connectivity index (χ3v) is 4.72. The van der Waals surface area contributed by atoms with Crippen LogP contribution < -0.4 is 5.32 Å². The Morgan fingerprint density at radius 1 is 1.10 bits per heavy atom. The minimum absolute atomic E-state index is 0.195. The molecule has 122 valence electrons. The molecule has 0 aromatic heterocycles. The van der Waals surface area contributed by atoms with Gasteiger partial charge in [0.1, 0.15) is 0 Å². The molecule has 0 spiro atoms. The van der Waals surface area contributed by atoms with Crippen molar-refractivity contribution in [3.05, 3.63) is 0 Å². The van der Waals surface area contributed by atoms with Crippen LogP contribution in [-0.2, 0) is 4.79 Å². The Morgan fingerprint density at radius 3 is 2.48 bits per heavy atom. The fourth-order valence-electron chi connectivity index (χ4n) is 3.29. The van der Waals surface area contributed by atoms with Crippen molar-refractivity contribution in [2.24, 2.45) is 0 Å². The average Bonchev–Trinajstić information content (AvgIpc) is 2.73. The molecule has 2 N–H and O–H groups in total. The van der Waals surface area contributed by atoms with E-state index in [2.05, 4.69) is 29.0 Å². The largest absolute Gasteiger partial charge is 0.395 e. The van der Waals surface area contributed by atoms with E-state index in [0.29, 0.717) is 6.54 Å². The van der Waals surface area contributed by atoms with Crippen LogP contribution in [0.25, 0.3) is 0 Å². The van der Waals surface area contributed by atoms with E-state index in [-0.39, 0.29) is 12.5 Å². The summed E-state index contributed by atoms with van der Waals surface area (Å²) >= 11 is 0. The molecule has 2 aliphatic rings. The lowest BCUT2D eigenvalue weighted by atomic mass is 9.99. The average molecular weight is 298 g/mol. The number of amides is 1. The highest BCUT2D eigenvalue weighted by atomic mass is 16.3. The second-order valence-electron chi connectivity index (χ2n) is 6.51. The summed E-state index contributed by atoms with van der Waals surface area (Å²) < 4.78 is 0. The van der Waals surface area contributed by atoms with Crippen molar-refractivity contribution in [3.8, 4) is 0 Å². The van der Waals surface area contributed by atoms with E-state index < -0.39 is 5.54 Å². The first-order chi connectivity index (χ1) is 10.1. The standard InChI is InChI=1S/C15H30N4O2/c1-15(2,19-8-4-16-5-9-19)14(21)18-7-3-6-17(10-11-18)12-13-20/h16,20H,3-13H2,1-2H3. The molecule has 2 heterocycles. The van der Waals surface area contributed by atoms with Gasteiger partial charge in [-0.15, -0.1) is 0 Å². The van der Waals surface area contributed by atoms with Gasteiger partial charge in [-0.05, 0) is 26.8 Å². The molecule has 21 heavy (non-hydrogen) atoms. The van der Waals surface area contributed by atoms with Crippen molar-refractivity contribution in [3.63, 3.8) is 0 Å². The number of carbonyl (C=O) groups is 1. The number of nitrogens with one attached hydrogen (secondary N) is 1. The molecule has 0 aliphatic carbocycles. The summed E-state index contributed by atoms with van der Waals surface area (Å²) in [5.41, 5.74) is -0.422. The summed E-state index contributed by atoms with van der Waals surface area (Å²) in [6.45, 7) is 12.2. The number of aliphatic hydroxyl groups excluding tert-OH is 1. The molecule has 0 aromatic rings. The zero-order valence-corrected chi connectivity index (χ0v) is 13.5. The minimum atomic E-state index is -0.422. The van der Waals surface area contributed by atoms with E-state index in [0.717, 1.165) is 58.8 Å². The Labute approximate surface area is 128 Å². The van der Waals surface area contributed by atoms with E-state index in [1.54, 1.807) is 0 Å². The van der Waals surface area contributed by atoms with Crippen molar-refractivity contribution in [2.75, 3.05) is 65.5 Å². The van der Waals surface area contributed by atoms with Gasteiger partial charge in [0.25, 0.3) is 0 Å². The lowest BCUT2D eigenvalue weighted by molar-refractivity contribution is -0.143. The summed E-state index contributed by atoms with van der Waals surface area (Å²) in [4.78, 5) is 19.5. The highest BCUT2D eigenvalue weighted by Gasteiger charge is 2.38. The molecule has 0 atom stereocenters. The molecule has 0 aromatic carbocycles. The molecule has 2 aliphatic heterocycles. The molecule has 6 nitrogen and oxygen atoms in total. The smallest absolute Gasteiger partial charge is 0.242 e. The van der Waals surface area contributed by atoms with Gasteiger partial charge in [0.2, 0.25) is 5.91 Å². The topological polar surface area (TPSA) is 59.1 Å². The van der Waals surface area contributed by atoms with Crippen molar-refractivity contribution < 1.29 is 9.90 Å². The van der Waals surface area contributed by atoms with Crippen LogP contribution >= 0.6 is 0 Å². The lowest BCUT2D eigenvalue weighted by Gasteiger charge is -2.42. The maximum absolute atomic E-state index is 12.9. The number of hydrogen-bond acceptors (Lipinski definition) is 5. The van der Waals surface area contributed by atoms with E-state index in [1.807, 2.05) is 4.90 Å². The molecule has 6 heteroatoms. The van der Waals surface area contributed by atoms with Crippen molar-refractivity contribution in [1.82, 2.24) is 20.0 Å². The van der Waals surface area contributed by atoms with Crippen LogP contribution in [0.4, 0.5) is 0 Å². The monoisotopic (exact) mass is 298 g/mol. The second-order valence-corrected chi connectivity index (χ2v) is 6.51. The Morgan fingerprint density at radius 2 is 1.81 bits per heavy atom. The van der Waals surface area contributed by atoms with E-state index in [1.165, 1.54) is 0 Å². The third kappa shape index (κ3) is 4.16. The number of rotatable bonds is 4. The molecule has 0 bridgehead atoms. The zero-order chi connectivity index (χ0) is 15.3. The van der Waals surface area contributed by atoms with Gasteiger partial charge in [-0.3, -0.25) is 14.6 Å². The lowest BCUT2D eigenvalue weighted by Crippen LogP contribution is -2.61. The van der Waals surface area contributed by atoms with Crippen LogP contribution in [0.2, 0.25) is 0 Å². The van der Waals surface area contributed by atoms with Gasteiger partial charge in [0, 0.05) is 52.4 Å². The molecule has 2 rings (SSSR count). The molecular weight excluding hydrogens is 268 g/mol. The highest BCUT2D eigenvalue weighted by Crippen LogP contribution is 2.19. The van der Waals surface area contributed by atoms with Crippen molar-refractivity contribution >= 4 is 5.91 Å². The Kier molecular flexibility index (Phi) is 5.98. The second kappa shape index (κ2) is 7.54. The van der Waals surface area contributed by atoms with Crippen LogP contribution in [0.15, 0.2) is 0 Å². The molecule has 2 saturated heterocycles. The molecule has 0 saturated carbocycles. The van der Waals surface area contributed by atoms with Crippen molar-refractivity contribution in [1.29, 1.82) is 0 Å². The first kappa shape index (κ1) is 16.7. The van der Waals surface area contributed by atoms with Gasteiger partial charge < -0.3 is 15.3 Å². The van der Waals surface area contributed by atoms with Gasteiger partial charge in [0.05, 0.1) is 12.1 Å². The number of piperazine rings is 1. The Hall–Kier alpha value is -0.690. The quantitative estimate of drug-likeness (QED) is 0.711. The predicted octanol–water partition coefficient (Wildman–Crippen LogP) is -0.803. The van der Waals surface area contributed by atoms with E-state index >= 15 is 0 Å². The molecular formula is C15H30N4O2. The molecule has 0 radical (unpaired) electrons. The summed E-state index contributed by atoms with van der Waals surface area (Å²) in [5, 5.41) is 12.4. The number of aliphatic hydroxyl groups is 1. The van der Waals surface area contributed by atoms with E-state index in [4.69, 9.17) is 5.11 Å². The van der Waals surface area contributed by atoms with Gasteiger partial charge in [-0.25, -0.2) is 0 Å². The number of nitrogens with zero attached hydrogens (tertiary/aromatic N) is 3. The first-order valence-corrected chi connectivity index (χ1v) is 8.14. The van der Waals surface area contributed by atoms with Crippen LogP contribution in [0.5, 0.6) is 0 Å². The van der Waals surface area contributed by atoms with Crippen LogP contribution in [0.3, 0.4) is 0 Å². The maximum atomic E-state index is 12.9.